The maximum Gasteiger partial charge on any atom is 0.170 e. The molecule has 0 aliphatic heterocycles. The molecule has 0 saturated heterocycles. The van der Waals surface area contributed by atoms with Crippen molar-refractivity contribution in [2.75, 3.05) is 0 Å². The molecule has 0 atom stereocenters. The van der Waals surface area contributed by atoms with E-state index >= 15 is 0 Å². The smallest absolute Gasteiger partial charge is 0.170 e. The van der Waals surface area contributed by atoms with Gasteiger partial charge in [-0.05, 0) is 5.56 Å². The fourth-order valence-electron chi connectivity index (χ4n) is 1.40. The average molecular weight is 183 g/mol. The van der Waals surface area contributed by atoms with E-state index in [1.165, 1.54) is 0 Å². The summed E-state index contributed by atoms with van der Waals surface area (Å²) in [5.74, 6) is 0. The van der Waals surface area contributed by atoms with Crippen LogP contribution in [-0.4, -0.2) is 9.78 Å². The lowest BCUT2D eigenvalue weighted by Crippen LogP contribution is -1.86. The summed E-state index contributed by atoms with van der Waals surface area (Å²) < 4.78 is 1.65. The number of aromatic nitrogens is 2. The molecular formula is C11H9N3. The first-order chi connectivity index (χ1) is 6.81. The standard InChI is InChI=1S/C11H9N3/c1-14-8-10(11(7-12)13-14)9-5-3-2-4-6-9/h2-6,8H,1H3. The average Bonchev–Trinajstić information content (AvgIpc) is 2.61. The molecule has 0 bridgehead atoms. The Bertz CT molecular complexity index is 477. The Morgan fingerprint density at radius 3 is 2.64 bits per heavy atom. The second-order valence-corrected chi connectivity index (χ2v) is 3.04. The highest BCUT2D eigenvalue weighted by molar-refractivity contribution is 5.67. The van der Waals surface area contributed by atoms with Crippen molar-refractivity contribution in [3.63, 3.8) is 0 Å². The maximum atomic E-state index is 8.87. The summed E-state index contributed by atoms with van der Waals surface area (Å²) in [5, 5.41) is 12.9. The van der Waals surface area contributed by atoms with Crippen molar-refractivity contribution in [2.45, 2.75) is 0 Å². The summed E-state index contributed by atoms with van der Waals surface area (Å²) in [5.41, 5.74) is 2.38. The Labute approximate surface area is 82.2 Å². The first-order valence-electron chi connectivity index (χ1n) is 4.30. The molecule has 3 nitrogen and oxygen atoms in total. The Morgan fingerprint density at radius 2 is 2.00 bits per heavy atom. The van der Waals surface area contributed by atoms with Crippen molar-refractivity contribution < 1.29 is 0 Å². The van der Waals surface area contributed by atoms with Crippen molar-refractivity contribution in [3.05, 3.63) is 42.2 Å². The Morgan fingerprint density at radius 1 is 1.29 bits per heavy atom. The molecular weight excluding hydrogens is 174 g/mol. The highest BCUT2D eigenvalue weighted by atomic mass is 15.2. The number of nitrogens with zero attached hydrogens (tertiary/aromatic N) is 3. The second kappa shape index (κ2) is 3.35. The highest BCUT2D eigenvalue weighted by Crippen LogP contribution is 2.21. The summed E-state index contributed by atoms with van der Waals surface area (Å²) in [6.07, 6.45) is 1.86. The Balaban J connectivity index is 2.58. The molecule has 0 aliphatic carbocycles. The fourth-order valence-corrected chi connectivity index (χ4v) is 1.40. The van der Waals surface area contributed by atoms with E-state index in [0.29, 0.717) is 5.69 Å². The molecule has 68 valence electrons. The zero-order valence-corrected chi connectivity index (χ0v) is 7.81. The number of hydrogen-bond donors (Lipinski definition) is 0. The van der Waals surface area contributed by atoms with Gasteiger partial charge in [0.1, 0.15) is 6.07 Å². The lowest BCUT2D eigenvalue weighted by Gasteiger charge is -1.95. The van der Waals surface area contributed by atoms with Crippen LogP contribution in [0.15, 0.2) is 36.5 Å². The lowest BCUT2D eigenvalue weighted by atomic mass is 10.1. The van der Waals surface area contributed by atoms with Crippen LogP contribution in [0.5, 0.6) is 0 Å². The van der Waals surface area contributed by atoms with E-state index in [9.17, 15) is 0 Å². The molecule has 1 aromatic carbocycles. The third-order valence-electron chi connectivity index (χ3n) is 2.02. The van der Waals surface area contributed by atoms with Crippen LogP contribution in [0.1, 0.15) is 5.69 Å². The molecule has 0 saturated carbocycles. The summed E-state index contributed by atoms with van der Waals surface area (Å²) >= 11 is 0. The molecule has 0 unspecified atom stereocenters. The normalized spacial score (nSPS) is 9.71. The minimum absolute atomic E-state index is 0.471. The SMILES string of the molecule is Cn1cc(-c2ccccc2)c(C#N)n1. The van der Waals surface area contributed by atoms with Crippen molar-refractivity contribution in [3.8, 4) is 17.2 Å². The topological polar surface area (TPSA) is 41.6 Å². The molecule has 0 radical (unpaired) electrons. The molecule has 0 fully saturated rings. The zero-order chi connectivity index (χ0) is 9.97. The van der Waals surface area contributed by atoms with Crippen LogP contribution in [0, 0.1) is 11.3 Å². The van der Waals surface area contributed by atoms with Gasteiger partial charge in [-0.25, -0.2) is 0 Å². The third-order valence-corrected chi connectivity index (χ3v) is 2.02. The van der Waals surface area contributed by atoms with Gasteiger partial charge in [-0.2, -0.15) is 10.4 Å². The Kier molecular flexibility index (Phi) is 2.04. The molecule has 2 rings (SSSR count). The summed E-state index contributed by atoms with van der Waals surface area (Å²) in [4.78, 5) is 0. The molecule has 0 N–H and O–H groups in total. The van der Waals surface area contributed by atoms with Gasteiger partial charge in [-0.3, -0.25) is 4.68 Å². The van der Waals surface area contributed by atoms with E-state index < -0.39 is 0 Å². The van der Waals surface area contributed by atoms with Crippen molar-refractivity contribution in [2.24, 2.45) is 7.05 Å². The van der Waals surface area contributed by atoms with E-state index in [-0.39, 0.29) is 0 Å². The van der Waals surface area contributed by atoms with Gasteiger partial charge in [-0.1, -0.05) is 30.3 Å². The van der Waals surface area contributed by atoms with Gasteiger partial charge in [0.25, 0.3) is 0 Å². The van der Waals surface area contributed by atoms with Gasteiger partial charge < -0.3 is 0 Å². The fraction of sp³-hybridized carbons (Fsp3) is 0.0909. The number of hydrogen-bond acceptors (Lipinski definition) is 2. The van der Waals surface area contributed by atoms with Gasteiger partial charge >= 0.3 is 0 Å². The largest absolute Gasteiger partial charge is 0.274 e. The van der Waals surface area contributed by atoms with Crippen molar-refractivity contribution in [1.82, 2.24) is 9.78 Å². The van der Waals surface area contributed by atoms with E-state index in [4.69, 9.17) is 5.26 Å². The monoisotopic (exact) mass is 183 g/mol. The van der Waals surface area contributed by atoms with Crippen LogP contribution >= 0.6 is 0 Å². The van der Waals surface area contributed by atoms with Crippen LogP contribution in [0.3, 0.4) is 0 Å². The van der Waals surface area contributed by atoms with Crippen molar-refractivity contribution in [1.29, 1.82) is 5.26 Å². The minimum Gasteiger partial charge on any atom is -0.274 e. The summed E-state index contributed by atoms with van der Waals surface area (Å²) in [7, 11) is 1.81. The summed E-state index contributed by atoms with van der Waals surface area (Å²) in [6, 6.07) is 11.9. The zero-order valence-electron chi connectivity index (χ0n) is 7.81. The highest BCUT2D eigenvalue weighted by Gasteiger charge is 2.07. The van der Waals surface area contributed by atoms with Gasteiger partial charge in [0.2, 0.25) is 0 Å². The number of rotatable bonds is 1. The van der Waals surface area contributed by atoms with Gasteiger partial charge in [-0.15, -0.1) is 0 Å². The van der Waals surface area contributed by atoms with Crippen LogP contribution in [0.2, 0.25) is 0 Å². The van der Waals surface area contributed by atoms with Crippen LogP contribution in [0.4, 0.5) is 0 Å². The van der Waals surface area contributed by atoms with Crippen molar-refractivity contribution >= 4 is 0 Å². The number of benzene rings is 1. The summed E-state index contributed by atoms with van der Waals surface area (Å²) in [6.45, 7) is 0. The molecule has 0 aliphatic rings. The van der Waals surface area contributed by atoms with Crippen LogP contribution < -0.4 is 0 Å². The molecule has 14 heavy (non-hydrogen) atoms. The van der Waals surface area contributed by atoms with Gasteiger partial charge in [0.15, 0.2) is 5.69 Å². The van der Waals surface area contributed by atoms with E-state index in [2.05, 4.69) is 11.2 Å². The van der Waals surface area contributed by atoms with Gasteiger partial charge in [0.05, 0.1) is 0 Å². The molecule has 0 amide bonds. The van der Waals surface area contributed by atoms with E-state index in [0.717, 1.165) is 11.1 Å². The lowest BCUT2D eigenvalue weighted by molar-refractivity contribution is 0.763. The molecule has 0 spiro atoms. The molecule has 2 aromatic rings. The Hall–Kier alpha value is -2.08. The first kappa shape index (κ1) is 8.52. The number of aryl methyl sites for hydroxylation is 1. The molecule has 1 aromatic heterocycles. The predicted molar refractivity (Wildman–Crippen MR) is 53.4 cm³/mol. The minimum atomic E-state index is 0.471. The first-order valence-corrected chi connectivity index (χ1v) is 4.30. The second-order valence-electron chi connectivity index (χ2n) is 3.04. The predicted octanol–water partition coefficient (Wildman–Crippen LogP) is 1.96. The van der Waals surface area contributed by atoms with Crippen LogP contribution in [-0.2, 0) is 7.05 Å². The van der Waals surface area contributed by atoms with Gasteiger partial charge in [0, 0.05) is 18.8 Å². The number of nitriles is 1. The molecule has 3 heteroatoms. The van der Waals surface area contributed by atoms with Crippen LogP contribution in [0.25, 0.3) is 11.1 Å². The van der Waals surface area contributed by atoms with E-state index in [1.54, 1.807) is 4.68 Å². The third kappa shape index (κ3) is 1.38. The molecule has 1 heterocycles. The maximum absolute atomic E-state index is 8.87. The quantitative estimate of drug-likeness (QED) is 0.678. The van der Waals surface area contributed by atoms with E-state index in [1.807, 2.05) is 43.6 Å².